The number of anilines is 1. The normalized spacial score (nSPS) is 15.5. The Balaban J connectivity index is 1.78. The Morgan fingerprint density at radius 1 is 1.26 bits per heavy atom. The number of hydrogen-bond donors (Lipinski definition) is 2. The Hall–Kier alpha value is -3.46. The van der Waals surface area contributed by atoms with Crippen LogP contribution in [0.3, 0.4) is 0 Å². The van der Waals surface area contributed by atoms with Crippen LogP contribution >= 0.6 is 11.8 Å². The number of ether oxygens (including phenoxy) is 2. The summed E-state index contributed by atoms with van der Waals surface area (Å²) in [6.45, 7) is 1.70. The van der Waals surface area contributed by atoms with E-state index in [2.05, 4.69) is 5.32 Å². The van der Waals surface area contributed by atoms with Gasteiger partial charge in [-0.2, -0.15) is 5.10 Å². The van der Waals surface area contributed by atoms with Crippen LogP contribution in [0.15, 0.2) is 48.5 Å². The van der Waals surface area contributed by atoms with E-state index in [4.69, 9.17) is 20.3 Å². The highest BCUT2D eigenvalue weighted by molar-refractivity contribution is 8.00. The lowest BCUT2D eigenvalue weighted by molar-refractivity contribution is -0.120. The molecule has 0 aliphatic carbocycles. The Bertz CT molecular complexity index is 1130. The molecule has 1 atom stereocenters. The molecule has 160 valence electrons. The second-order valence-corrected chi connectivity index (χ2v) is 8.09. The summed E-state index contributed by atoms with van der Waals surface area (Å²) in [6, 6.07) is 15.2. The van der Waals surface area contributed by atoms with Crippen molar-refractivity contribution in [2.45, 2.75) is 12.2 Å². The van der Waals surface area contributed by atoms with Gasteiger partial charge in [0.15, 0.2) is 18.1 Å². The third-order valence-corrected chi connectivity index (χ3v) is 6.14. The number of nitrogens with one attached hydrogen (secondary N) is 1. The summed E-state index contributed by atoms with van der Waals surface area (Å²) < 4.78 is 12.7. The zero-order chi connectivity index (χ0) is 22.0. The number of para-hydroxylation sites is 1. The van der Waals surface area contributed by atoms with Gasteiger partial charge in [-0.1, -0.05) is 24.3 Å². The highest BCUT2D eigenvalue weighted by Gasteiger charge is 2.31. The van der Waals surface area contributed by atoms with Crippen LogP contribution in [0, 0.1) is 6.92 Å². The molecule has 0 saturated carbocycles. The van der Waals surface area contributed by atoms with Crippen LogP contribution in [-0.2, 0) is 9.59 Å². The number of nitrogens with zero attached hydrogens (tertiary/aromatic N) is 2. The van der Waals surface area contributed by atoms with Gasteiger partial charge in [-0.3, -0.25) is 9.59 Å². The number of fused-ring (bicyclic) bond motifs is 1. The van der Waals surface area contributed by atoms with E-state index in [1.54, 1.807) is 10.7 Å². The summed E-state index contributed by atoms with van der Waals surface area (Å²) in [6.07, 6.45) is 0. The quantitative estimate of drug-likeness (QED) is 0.613. The second-order valence-electron chi connectivity index (χ2n) is 7.00. The molecule has 2 amide bonds. The van der Waals surface area contributed by atoms with Crippen LogP contribution in [-0.4, -0.2) is 41.1 Å². The lowest BCUT2D eigenvalue weighted by Gasteiger charge is -2.18. The molecule has 0 spiro atoms. The number of carbonyl (C=O) groups excluding carboxylic acids is 2. The van der Waals surface area contributed by atoms with Crippen LogP contribution in [0.1, 0.15) is 22.1 Å². The SMILES string of the molecule is COc1cc([C@@H]2SCC(=O)Nc3c2c(C)nn3-c2ccccc2)ccc1OCC(N)=O. The number of aryl methyl sites for hydroxylation is 1. The minimum absolute atomic E-state index is 0.0841. The molecule has 1 aliphatic heterocycles. The number of primary amides is 1. The maximum absolute atomic E-state index is 12.5. The average molecular weight is 439 g/mol. The summed E-state index contributed by atoms with van der Waals surface area (Å²) >= 11 is 1.52. The highest BCUT2D eigenvalue weighted by Crippen LogP contribution is 2.45. The molecule has 0 fully saturated rings. The minimum atomic E-state index is -0.566. The van der Waals surface area contributed by atoms with Gasteiger partial charge in [0.2, 0.25) is 5.91 Å². The molecule has 0 radical (unpaired) electrons. The lowest BCUT2D eigenvalue weighted by atomic mass is 10.0. The molecule has 2 aromatic carbocycles. The standard InChI is InChI=1S/C22H22N4O4S/c1-13-20-21(14-8-9-16(17(10-14)29-2)30-11-18(23)27)31-12-19(28)24-22(20)26(25-13)15-6-4-3-5-7-15/h3-10,21H,11-12H2,1-2H3,(H2,23,27)(H,24,28)/t21-/m0/s1. The van der Waals surface area contributed by atoms with E-state index in [0.717, 1.165) is 22.5 Å². The van der Waals surface area contributed by atoms with Crippen molar-refractivity contribution in [2.75, 3.05) is 24.8 Å². The summed E-state index contributed by atoms with van der Waals surface area (Å²) in [5.74, 6) is 1.22. The second kappa shape index (κ2) is 8.73. The van der Waals surface area contributed by atoms with E-state index >= 15 is 0 Å². The molecule has 3 N–H and O–H groups in total. The van der Waals surface area contributed by atoms with Crippen molar-refractivity contribution in [1.29, 1.82) is 0 Å². The minimum Gasteiger partial charge on any atom is -0.493 e. The van der Waals surface area contributed by atoms with Gasteiger partial charge in [0.1, 0.15) is 5.82 Å². The number of rotatable bonds is 6. The third kappa shape index (κ3) is 4.22. The highest BCUT2D eigenvalue weighted by atomic mass is 32.2. The summed E-state index contributed by atoms with van der Waals surface area (Å²) in [4.78, 5) is 23.5. The van der Waals surface area contributed by atoms with E-state index in [0.29, 0.717) is 23.1 Å². The van der Waals surface area contributed by atoms with Crippen molar-refractivity contribution >= 4 is 29.4 Å². The van der Waals surface area contributed by atoms with E-state index in [1.807, 2.05) is 49.4 Å². The molecule has 3 aromatic rings. The fourth-order valence-corrected chi connectivity index (χ4v) is 4.70. The first-order valence-corrected chi connectivity index (χ1v) is 10.7. The topological polar surface area (TPSA) is 108 Å². The number of amides is 2. The first kappa shape index (κ1) is 20.8. The van der Waals surface area contributed by atoms with Gasteiger partial charge in [0.05, 0.1) is 29.5 Å². The van der Waals surface area contributed by atoms with Crippen molar-refractivity contribution in [3.8, 4) is 17.2 Å². The number of thioether (sulfide) groups is 1. The number of methoxy groups -OCH3 is 1. The molecule has 0 unspecified atom stereocenters. The van der Waals surface area contributed by atoms with Crippen LogP contribution in [0.4, 0.5) is 5.82 Å². The Kier molecular flexibility index (Phi) is 5.85. The smallest absolute Gasteiger partial charge is 0.255 e. The molecule has 4 rings (SSSR count). The van der Waals surface area contributed by atoms with Crippen molar-refractivity contribution in [3.63, 3.8) is 0 Å². The predicted molar refractivity (Wildman–Crippen MR) is 119 cm³/mol. The number of nitrogens with two attached hydrogens (primary N) is 1. The molecule has 0 bridgehead atoms. The number of benzene rings is 2. The third-order valence-electron chi connectivity index (χ3n) is 4.87. The van der Waals surface area contributed by atoms with E-state index in [1.165, 1.54) is 18.9 Å². The maximum atomic E-state index is 12.5. The average Bonchev–Trinajstić information content (AvgIpc) is 2.97. The van der Waals surface area contributed by atoms with Gasteiger partial charge in [-0.05, 0) is 36.8 Å². The van der Waals surface area contributed by atoms with E-state index in [9.17, 15) is 9.59 Å². The molecule has 1 aromatic heterocycles. The molecule has 0 saturated heterocycles. The Morgan fingerprint density at radius 2 is 2.03 bits per heavy atom. The van der Waals surface area contributed by atoms with Crippen LogP contribution in [0.5, 0.6) is 11.5 Å². The van der Waals surface area contributed by atoms with Crippen molar-refractivity contribution in [3.05, 3.63) is 65.4 Å². The predicted octanol–water partition coefficient (Wildman–Crippen LogP) is 2.83. The molecule has 2 heterocycles. The summed E-state index contributed by atoms with van der Waals surface area (Å²) in [5.41, 5.74) is 8.73. The largest absolute Gasteiger partial charge is 0.493 e. The molecular formula is C22H22N4O4S. The maximum Gasteiger partial charge on any atom is 0.255 e. The zero-order valence-corrected chi connectivity index (χ0v) is 17.9. The molecule has 1 aliphatic rings. The molecule has 9 heteroatoms. The zero-order valence-electron chi connectivity index (χ0n) is 17.1. The van der Waals surface area contributed by atoms with Crippen LogP contribution in [0.25, 0.3) is 5.69 Å². The monoisotopic (exact) mass is 438 g/mol. The molecule has 31 heavy (non-hydrogen) atoms. The Labute approximate surface area is 183 Å². The van der Waals surface area contributed by atoms with Gasteiger partial charge in [0, 0.05) is 5.56 Å². The van der Waals surface area contributed by atoms with Crippen molar-refractivity contribution < 1.29 is 19.1 Å². The van der Waals surface area contributed by atoms with Gasteiger partial charge < -0.3 is 20.5 Å². The van der Waals surface area contributed by atoms with Gasteiger partial charge >= 0.3 is 0 Å². The van der Waals surface area contributed by atoms with Crippen molar-refractivity contribution in [2.24, 2.45) is 5.73 Å². The number of aromatic nitrogens is 2. The lowest BCUT2D eigenvalue weighted by Crippen LogP contribution is -2.20. The number of carbonyl (C=O) groups is 2. The van der Waals surface area contributed by atoms with Gasteiger partial charge in [-0.25, -0.2) is 4.68 Å². The summed E-state index contributed by atoms with van der Waals surface area (Å²) in [5, 5.41) is 7.57. The van der Waals surface area contributed by atoms with Crippen LogP contribution in [0.2, 0.25) is 0 Å². The van der Waals surface area contributed by atoms with E-state index in [-0.39, 0.29) is 17.8 Å². The van der Waals surface area contributed by atoms with Gasteiger partial charge in [0.25, 0.3) is 5.91 Å². The van der Waals surface area contributed by atoms with E-state index < -0.39 is 5.91 Å². The van der Waals surface area contributed by atoms with Crippen LogP contribution < -0.4 is 20.5 Å². The molecular weight excluding hydrogens is 416 g/mol. The first-order valence-electron chi connectivity index (χ1n) is 9.63. The fourth-order valence-electron chi connectivity index (χ4n) is 3.52. The fraction of sp³-hybridized carbons (Fsp3) is 0.227. The van der Waals surface area contributed by atoms with Crippen molar-refractivity contribution in [1.82, 2.24) is 9.78 Å². The first-order chi connectivity index (χ1) is 15.0. The van der Waals surface area contributed by atoms with Gasteiger partial charge in [-0.15, -0.1) is 11.8 Å². The Morgan fingerprint density at radius 3 is 2.74 bits per heavy atom. The number of hydrogen-bond acceptors (Lipinski definition) is 6. The molecule has 8 nitrogen and oxygen atoms in total. The summed E-state index contributed by atoms with van der Waals surface area (Å²) in [7, 11) is 1.53.